The highest BCUT2D eigenvalue weighted by atomic mass is 16.3. The van der Waals surface area contributed by atoms with Crippen LogP contribution in [0.25, 0.3) is 60.4 Å². The maximum atomic E-state index is 8.93. The second kappa shape index (κ2) is 6.88. The summed E-state index contributed by atoms with van der Waals surface area (Å²) in [6.45, 7) is 10.2. The van der Waals surface area contributed by atoms with Crippen molar-refractivity contribution in [3.63, 3.8) is 0 Å². The first kappa shape index (κ1) is 18.5. The molecule has 0 radical (unpaired) electrons. The highest BCUT2D eigenvalue weighted by Crippen LogP contribution is 2.46. The Morgan fingerprint density at radius 2 is 1.54 bits per heavy atom. The number of fused-ring (bicyclic) bond motifs is 8. The molecule has 0 N–H and O–H groups in total. The lowest BCUT2D eigenvalue weighted by Crippen LogP contribution is -2.09. The molecule has 35 heavy (non-hydrogen) atoms. The average molecular weight is 458 g/mol. The van der Waals surface area contributed by atoms with Gasteiger partial charge in [-0.1, -0.05) is 69.3 Å². The van der Waals surface area contributed by atoms with Gasteiger partial charge in [-0.25, -0.2) is 0 Å². The zero-order chi connectivity index (χ0) is 25.9. The van der Waals surface area contributed by atoms with Crippen molar-refractivity contribution in [3.05, 3.63) is 89.5 Å². The zero-order valence-electron chi connectivity index (χ0n) is 22.8. The summed E-state index contributed by atoms with van der Waals surface area (Å²) in [5.41, 5.74) is 10.1. The predicted molar refractivity (Wildman–Crippen MR) is 149 cm³/mol. The van der Waals surface area contributed by atoms with Crippen LogP contribution in [-0.2, 0) is 6.37 Å². The molecule has 0 saturated carbocycles. The molecule has 4 aromatic carbocycles. The van der Waals surface area contributed by atoms with Crippen LogP contribution in [0.4, 0.5) is 0 Å². The van der Waals surface area contributed by atoms with Gasteiger partial charge in [0, 0.05) is 24.3 Å². The molecule has 2 heteroatoms. The second-order valence-corrected chi connectivity index (χ2v) is 10.9. The molecular formula is C33H29NO. The lowest BCUT2D eigenvalue weighted by atomic mass is 9.85. The Balaban J connectivity index is 1.65. The monoisotopic (exact) mass is 457 g/mol. The minimum atomic E-state index is -1.46. The summed E-state index contributed by atoms with van der Waals surface area (Å²) < 4.78 is 26.6. The highest BCUT2D eigenvalue weighted by molar-refractivity contribution is 6.28. The molecule has 0 unspecified atom stereocenters. The van der Waals surface area contributed by atoms with Crippen LogP contribution in [0, 0.1) is 19.3 Å². The van der Waals surface area contributed by atoms with Crippen molar-refractivity contribution >= 4 is 49.3 Å². The van der Waals surface area contributed by atoms with Crippen molar-refractivity contribution in [2.45, 2.75) is 41.0 Å². The number of aromatic nitrogens is 1. The van der Waals surface area contributed by atoms with Crippen molar-refractivity contribution in [3.8, 4) is 11.1 Å². The Labute approximate surface area is 207 Å². The van der Waals surface area contributed by atoms with Crippen LogP contribution in [0.3, 0.4) is 0 Å². The summed E-state index contributed by atoms with van der Waals surface area (Å²) >= 11 is 0. The Hall–Kier alpha value is -3.78. The number of hydrogen-bond acceptors (Lipinski definition) is 1. The second-order valence-electron chi connectivity index (χ2n) is 10.9. The smallest absolute Gasteiger partial charge is 0.161 e. The number of para-hydroxylation sites is 2. The van der Waals surface area contributed by atoms with E-state index in [0.717, 1.165) is 49.7 Å². The summed E-state index contributed by atoms with van der Waals surface area (Å²) in [5, 5.41) is 4.65. The van der Waals surface area contributed by atoms with E-state index >= 15 is 0 Å². The molecule has 7 aromatic rings. The van der Waals surface area contributed by atoms with Crippen molar-refractivity contribution < 1.29 is 7.16 Å². The number of furan rings is 1. The molecule has 0 aliphatic rings. The molecule has 2 nitrogen and oxygen atoms in total. The summed E-state index contributed by atoms with van der Waals surface area (Å²) in [6, 6.07) is 25.3. The Morgan fingerprint density at radius 3 is 2.37 bits per heavy atom. The molecule has 0 aliphatic carbocycles. The molecule has 0 atom stereocenters. The van der Waals surface area contributed by atoms with Gasteiger partial charge in [0.05, 0.1) is 11.0 Å². The van der Waals surface area contributed by atoms with E-state index in [-0.39, 0.29) is 0 Å². The topological polar surface area (TPSA) is 17.6 Å². The van der Waals surface area contributed by atoms with E-state index in [4.69, 9.17) is 7.16 Å². The normalized spacial score (nSPS) is 14.1. The molecule has 3 aromatic heterocycles. The van der Waals surface area contributed by atoms with Gasteiger partial charge < -0.3 is 8.82 Å². The van der Waals surface area contributed by atoms with Gasteiger partial charge in [-0.15, -0.1) is 0 Å². The van der Waals surface area contributed by atoms with Gasteiger partial charge in [-0.2, -0.15) is 0 Å². The standard InChI is InChI=1S/C33H29NO/c1-19-13-15-21(18-33(3,4)5)17-25(19)28-20(2)14-16-26-29(28)23-10-8-11-24-30(23)34(26)31-22-9-6-7-12-27(22)35-32(24)31/h6-17H,18H2,1-5H3/i18D2. The van der Waals surface area contributed by atoms with Gasteiger partial charge in [-0.3, -0.25) is 0 Å². The fourth-order valence-electron chi connectivity index (χ4n) is 5.86. The Kier molecular flexibility index (Phi) is 3.65. The molecule has 7 rings (SSSR count). The minimum absolute atomic E-state index is 0.523. The molecule has 0 amide bonds. The van der Waals surface area contributed by atoms with Crippen LogP contribution in [0.1, 0.15) is 40.2 Å². The van der Waals surface area contributed by atoms with Crippen LogP contribution in [0.15, 0.2) is 77.2 Å². The molecule has 0 aliphatic heterocycles. The molecule has 0 bridgehead atoms. The van der Waals surface area contributed by atoms with Gasteiger partial charge >= 0.3 is 0 Å². The van der Waals surface area contributed by atoms with E-state index in [2.05, 4.69) is 72.8 Å². The molecule has 3 heterocycles. The average Bonchev–Trinajstić information content (AvgIpc) is 3.49. The number of aryl methyl sites for hydroxylation is 2. The van der Waals surface area contributed by atoms with Crippen molar-refractivity contribution in [1.29, 1.82) is 0 Å². The van der Waals surface area contributed by atoms with Crippen molar-refractivity contribution in [1.82, 2.24) is 4.40 Å². The van der Waals surface area contributed by atoms with Crippen LogP contribution in [-0.4, -0.2) is 4.40 Å². The van der Waals surface area contributed by atoms with Crippen LogP contribution < -0.4 is 0 Å². The first-order chi connectivity index (χ1) is 17.6. The Morgan fingerprint density at radius 1 is 0.800 bits per heavy atom. The molecule has 0 saturated heterocycles. The summed E-state index contributed by atoms with van der Waals surface area (Å²) in [5.74, 6) is 0. The van der Waals surface area contributed by atoms with Gasteiger partial charge in [-0.05, 0) is 77.7 Å². The highest BCUT2D eigenvalue weighted by Gasteiger charge is 2.24. The zero-order valence-corrected chi connectivity index (χ0v) is 20.8. The van der Waals surface area contributed by atoms with Gasteiger partial charge in [0.1, 0.15) is 11.1 Å². The van der Waals surface area contributed by atoms with E-state index in [9.17, 15) is 0 Å². The SMILES string of the molecule is [2H]C([2H])(c1ccc(C)c(-c2c(C)ccc3c2c2cccc4c5oc6ccccc6c5n3c42)c1)C(C)(C)C. The molecule has 172 valence electrons. The van der Waals surface area contributed by atoms with E-state index < -0.39 is 11.8 Å². The lowest BCUT2D eigenvalue weighted by Gasteiger charge is -2.20. The largest absolute Gasteiger partial charge is 0.454 e. The summed E-state index contributed by atoms with van der Waals surface area (Å²) in [4.78, 5) is 0. The Bertz CT molecular complexity index is 2020. The predicted octanol–water partition coefficient (Wildman–Crippen LogP) is 9.46. The number of benzene rings is 4. The van der Waals surface area contributed by atoms with Gasteiger partial charge in [0.15, 0.2) is 5.58 Å². The quantitative estimate of drug-likeness (QED) is 0.253. The van der Waals surface area contributed by atoms with Gasteiger partial charge in [0.2, 0.25) is 0 Å². The maximum absolute atomic E-state index is 8.93. The van der Waals surface area contributed by atoms with Crippen molar-refractivity contribution in [2.75, 3.05) is 0 Å². The number of hydrogen-bond donors (Lipinski definition) is 0. The molecular weight excluding hydrogens is 426 g/mol. The summed E-state index contributed by atoms with van der Waals surface area (Å²) in [6.07, 6.45) is -1.46. The van der Waals surface area contributed by atoms with E-state index in [0.29, 0.717) is 0 Å². The first-order valence-electron chi connectivity index (χ1n) is 13.3. The molecule has 0 spiro atoms. The van der Waals surface area contributed by atoms with E-state index in [1.165, 1.54) is 27.4 Å². The molecule has 0 fully saturated rings. The lowest BCUT2D eigenvalue weighted by molar-refractivity contribution is 0.411. The van der Waals surface area contributed by atoms with Gasteiger partial charge in [0.25, 0.3) is 0 Å². The first-order valence-corrected chi connectivity index (χ1v) is 12.3. The minimum Gasteiger partial charge on any atom is -0.454 e. The fourth-order valence-corrected chi connectivity index (χ4v) is 5.86. The number of rotatable bonds is 2. The van der Waals surface area contributed by atoms with E-state index in [1.807, 2.05) is 39.0 Å². The third-order valence-corrected chi connectivity index (χ3v) is 7.23. The third kappa shape index (κ3) is 2.83. The van der Waals surface area contributed by atoms with Crippen LogP contribution >= 0.6 is 0 Å². The van der Waals surface area contributed by atoms with E-state index in [1.54, 1.807) is 0 Å². The van der Waals surface area contributed by atoms with Crippen molar-refractivity contribution in [2.24, 2.45) is 5.41 Å². The number of nitrogens with zero attached hydrogens (tertiary/aromatic N) is 1. The maximum Gasteiger partial charge on any atom is 0.161 e. The third-order valence-electron chi connectivity index (χ3n) is 7.23. The fraction of sp³-hybridized carbons (Fsp3) is 0.212. The summed E-state index contributed by atoms with van der Waals surface area (Å²) in [7, 11) is 0. The van der Waals surface area contributed by atoms with Crippen LogP contribution in [0.5, 0.6) is 0 Å². The van der Waals surface area contributed by atoms with Crippen LogP contribution in [0.2, 0.25) is 0 Å².